The van der Waals surface area contributed by atoms with Crippen LogP contribution in [0.25, 0.3) is 0 Å². The predicted molar refractivity (Wildman–Crippen MR) is 113 cm³/mol. The monoisotopic (exact) mass is 441 g/mol. The Kier molecular flexibility index (Phi) is 7.67. The molecular weight excluding hydrogens is 414 g/mol. The second-order valence-electron chi connectivity index (χ2n) is 6.64. The number of ether oxygens (including phenoxy) is 2. The summed E-state index contributed by atoms with van der Waals surface area (Å²) in [4.78, 5) is 0.0875. The minimum atomic E-state index is -3.77. The molecule has 9 heteroatoms. The molecule has 1 atom stereocenters. The van der Waals surface area contributed by atoms with E-state index >= 15 is 0 Å². The number of sulfonamides is 1. The predicted octanol–water partition coefficient (Wildman–Crippen LogP) is 2.86. The molecule has 0 radical (unpaired) electrons. The summed E-state index contributed by atoms with van der Waals surface area (Å²) in [5.41, 5.74) is 1.74. The smallest absolute Gasteiger partial charge is 0.241 e. The van der Waals surface area contributed by atoms with Crippen molar-refractivity contribution in [3.8, 4) is 11.5 Å². The van der Waals surface area contributed by atoms with Gasteiger partial charge < -0.3 is 9.47 Å². The Bertz CT molecular complexity index is 1030. The van der Waals surface area contributed by atoms with E-state index in [9.17, 15) is 16.8 Å². The molecule has 7 nitrogen and oxygen atoms in total. The fourth-order valence-electron chi connectivity index (χ4n) is 2.70. The average Bonchev–Trinajstić information content (AvgIpc) is 2.68. The van der Waals surface area contributed by atoms with Crippen molar-refractivity contribution in [2.45, 2.75) is 31.7 Å². The van der Waals surface area contributed by atoms with Crippen LogP contribution in [-0.2, 0) is 19.9 Å². The molecule has 0 bridgehead atoms. The van der Waals surface area contributed by atoms with Gasteiger partial charge in [0.2, 0.25) is 10.0 Å². The molecule has 0 heterocycles. The van der Waals surface area contributed by atoms with E-state index in [-0.39, 0.29) is 23.0 Å². The van der Waals surface area contributed by atoms with E-state index in [1.165, 1.54) is 24.3 Å². The number of aryl methyl sites for hydroxylation is 1. The summed E-state index contributed by atoms with van der Waals surface area (Å²) in [6.45, 7) is 5.27. The minimum absolute atomic E-state index is 0.0186. The highest BCUT2D eigenvalue weighted by atomic mass is 32.2. The highest BCUT2D eigenvalue weighted by Crippen LogP contribution is 2.27. The van der Waals surface area contributed by atoms with Crippen molar-refractivity contribution in [3.63, 3.8) is 0 Å². The molecule has 0 saturated carbocycles. The Labute approximate surface area is 173 Å². The molecule has 0 aliphatic rings. The summed E-state index contributed by atoms with van der Waals surface area (Å²) >= 11 is 0. The maximum Gasteiger partial charge on any atom is 0.241 e. The summed E-state index contributed by atoms with van der Waals surface area (Å²) in [6.07, 6.45) is 0. The molecule has 2 rings (SSSR count). The van der Waals surface area contributed by atoms with Crippen LogP contribution in [0.2, 0.25) is 0 Å². The van der Waals surface area contributed by atoms with Crippen LogP contribution in [0.4, 0.5) is 0 Å². The van der Waals surface area contributed by atoms with E-state index in [0.717, 1.165) is 11.1 Å². The van der Waals surface area contributed by atoms with Gasteiger partial charge in [-0.05, 0) is 44.2 Å². The van der Waals surface area contributed by atoms with Crippen LogP contribution in [0.1, 0.15) is 31.0 Å². The zero-order valence-electron chi connectivity index (χ0n) is 17.0. The molecule has 0 aromatic heterocycles. The summed E-state index contributed by atoms with van der Waals surface area (Å²) < 4.78 is 61.8. The molecule has 1 N–H and O–H groups in total. The van der Waals surface area contributed by atoms with E-state index in [0.29, 0.717) is 11.5 Å². The third-order valence-corrected chi connectivity index (χ3v) is 7.65. The van der Waals surface area contributed by atoms with Crippen LogP contribution >= 0.6 is 0 Å². The van der Waals surface area contributed by atoms with Gasteiger partial charge in [0.25, 0.3) is 0 Å². The van der Waals surface area contributed by atoms with Crippen LogP contribution in [0.15, 0.2) is 47.4 Å². The molecule has 2 aromatic rings. The van der Waals surface area contributed by atoms with Gasteiger partial charge in [-0.15, -0.1) is 0 Å². The number of benzene rings is 2. The van der Waals surface area contributed by atoms with Crippen molar-refractivity contribution in [2.75, 3.05) is 25.2 Å². The molecule has 29 heavy (non-hydrogen) atoms. The average molecular weight is 442 g/mol. The lowest BCUT2D eigenvalue weighted by Crippen LogP contribution is -2.27. The van der Waals surface area contributed by atoms with Crippen molar-refractivity contribution >= 4 is 19.9 Å². The van der Waals surface area contributed by atoms with Crippen molar-refractivity contribution in [2.24, 2.45) is 0 Å². The van der Waals surface area contributed by atoms with Crippen LogP contribution in [0.5, 0.6) is 11.5 Å². The van der Waals surface area contributed by atoms with E-state index in [4.69, 9.17) is 9.47 Å². The van der Waals surface area contributed by atoms with Gasteiger partial charge in [0, 0.05) is 17.4 Å². The Morgan fingerprint density at radius 2 is 1.69 bits per heavy atom. The fraction of sp³-hybridized carbons (Fsp3) is 0.400. The maximum absolute atomic E-state index is 12.7. The fourth-order valence-corrected chi connectivity index (χ4v) is 4.55. The lowest BCUT2D eigenvalue weighted by atomic mass is 10.1. The zero-order chi connectivity index (χ0) is 21.7. The topological polar surface area (TPSA) is 98.8 Å². The second kappa shape index (κ2) is 9.60. The Balaban J connectivity index is 2.08. The molecule has 2 aromatic carbocycles. The van der Waals surface area contributed by atoms with Gasteiger partial charge >= 0.3 is 0 Å². The summed E-state index contributed by atoms with van der Waals surface area (Å²) in [6, 6.07) is 10.9. The summed E-state index contributed by atoms with van der Waals surface area (Å²) in [7, 11) is -5.34. The number of hydrogen-bond acceptors (Lipinski definition) is 6. The highest BCUT2D eigenvalue weighted by Gasteiger charge is 2.21. The first kappa shape index (κ1) is 23.2. The lowest BCUT2D eigenvalue weighted by molar-refractivity contribution is 0.340. The molecule has 0 aliphatic carbocycles. The van der Waals surface area contributed by atoms with Gasteiger partial charge in [-0.1, -0.05) is 24.6 Å². The molecule has 0 fully saturated rings. The normalized spacial score (nSPS) is 13.1. The molecule has 160 valence electrons. The first-order valence-electron chi connectivity index (χ1n) is 9.18. The van der Waals surface area contributed by atoms with Crippen molar-refractivity contribution < 1.29 is 26.3 Å². The van der Waals surface area contributed by atoms with E-state index in [2.05, 4.69) is 4.72 Å². The zero-order valence-corrected chi connectivity index (χ0v) is 18.6. The maximum atomic E-state index is 12.7. The number of methoxy groups -OCH3 is 1. The first-order valence-corrected chi connectivity index (χ1v) is 12.5. The quantitative estimate of drug-likeness (QED) is 0.609. The Morgan fingerprint density at radius 1 is 1.03 bits per heavy atom. The van der Waals surface area contributed by atoms with E-state index in [1.54, 1.807) is 27.0 Å². The number of nitrogens with one attached hydrogen (secondary N) is 1. The first-order chi connectivity index (χ1) is 13.6. The molecule has 0 amide bonds. The molecule has 0 spiro atoms. The molecule has 0 saturated heterocycles. The molecule has 1 unspecified atom stereocenters. The SMILES string of the molecule is CCS(=O)(=O)CCOc1ccc(S(=O)(=O)NC(C)c2cc(C)ccc2OC)cc1. The Morgan fingerprint density at radius 3 is 2.28 bits per heavy atom. The van der Waals surface area contributed by atoms with E-state index < -0.39 is 25.9 Å². The number of hydrogen-bond donors (Lipinski definition) is 1. The second-order valence-corrected chi connectivity index (χ2v) is 10.8. The number of sulfone groups is 1. The van der Waals surface area contributed by atoms with Crippen LogP contribution < -0.4 is 14.2 Å². The minimum Gasteiger partial charge on any atom is -0.496 e. The third-order valence-electron chi connectivity index (χ3n) is 4.42. The summed E-state index contributed by atoms with van der Waals surface area (Å²) in [5.74, 6) is 0.990. The van der Waals surface area contributed by atoms with Crippen molar-refractivity contribution in [1.29, 1.82) is 0 Å². The summed E-state index contributed by atoms with van der Waals surface area (Å²) in [5, 5.41) is 0. The third kappa shape index (κ3) is 6.45. The van der Waals surface area contributed by atoms with Gasteiger partial charge in [-0.3, -0.25) is 0 Å². The van der Waals surface area contributed by atoms with Gasteiger partial charge in [0.05, 0.1) is 17.8 Å². The largest absolute Gasteiger partial charge is 0.496 e. The van der Waals surface area contributed by atoms with Gasteiger partial charge in [0.1, 0.15) is 18.1 Å². The van der Waals surface area contributed by atoms with Crippen LogP contribution in [0, 0.1) is 6.92 Å². The van der Waals surface area contributed by atoms with Crippen molar-refractivity contribution in [1.82, 2.24) is 4.72 Å². The van der Waals surface area contributed by atoms with E-state index in [1.807, 2.05) is 19.1 Å². The lowest BCUT2D eigenvalue weighted by Gasteiger charge is -2.18. The highest BCUT2D eigenvalue weighted by molar-refractivity contribution is 7.91. The van der Waals surface area contributed by atoms with Crippen LogP contribution in [0.3, 0.4) is 0 Å². The molecular formula is C20H27NO6S2. The van der Waals surface area contributed by atoms with Gasteiger partial charge in [-0.25, -0.2) is 21.6 Å². The molecule has 0 aliphatic heterocycles. The van der Waals surface area contributed by atoms with Gasteiger partial charge in [-0.2, -0.15) is 0 Å². The Hall–Kier alpha value is -2.10. The number of rotatable bonds is 10. The van der Waals surface area contributed by atoms with Crippen LogP contribution in [-0.4, -0.2) is 42.1 Å². The standard InChI is InChI=1S/C20H27NO6S2/c1-5-28(22,23)13-12-27-17-7-9-18(10-8-17)29(24,25)21-16(3)19-14-15(2)6-11-20(19)26-4/h6-11,14,16,21H,5,12-13H2,1-4H3. The van der Waals surface area contributed by atoms with Gasteiger partial charge in [0.15, 0.2) is 9.84 Å². The van der Waals surface area contributed by atoms with Crippen molar-refractivity contribution in [3.05, 3.63) is 53.6 Å².